The standard InChI is InChI=1S/C20H23NO2S/c1-24-19-9-7-17(8-10-19)18-11-13-21(14-12-18)20(22)23-15-16-5-3-2-4-6-16/h2-10,18H,11-15H2,1H3. The fraction of sp³-hybridized carbons (Fsp3) is 0.350. The van der Waals surface area contributed by atoms with E-state index in [1.165, 1.54) is 10.5 Å². The lowest BCUT2D eigenvalue weighted by atomic mass is 9.90. The van der Waals surface area contributed by atoms with E-state index in [0.29, 0.717) is 12.5 Å². The molecular formula is C20H23NO2S. The molecule has 1 aliphatic rings. The minimum atomic E-state index is -0.199. The summed E-state index contributed by atoms with van der Waals surface area (Å²) in [7, 11) is 0. The summed E-state index contributed by atoms with van der Waals surface area (Å²) < 4.78 is 5.42. The van der Waals surface area contributed by atoms with E-state index in [1.807, 2.05) is 35.2 Å². The van der Waals surface area contributed by atoms with Gasteiger partial charge in [-0.15, -0.1) is 11.8 Å². The quantitative estimate of drug-likeness (QED) is 0.739. The van der Waals surface area contributed by atoms with Gasteiger partial charge >= 0.3 is 6.09 Å². The van der Waals surface area contributed by atoms with Crippen molar-refractivity contribution >= 4 is 17.9 Å². The third kappa shape index (κ3) is 4.32. The molecule has 1 fully saturated rings. The van der Waals surface area contributed by atoms with Gasteiger partial charge < -0.3 is 9.64 Å². The van der Waals surface area contributed by atoms with Crippen molar-refractivity contribution in [1.29, 1.82) is 0 Å². The number of carbonyl (C=O) groups is 1. The average Bonchev–Trinajstić information content (AvgIpc) is 2.67. The number of rotatable bonds is 4. The minimum absolute atomic E-state index is 0.199. The Hall–Kier alpha value is -1.94. The van der Waals surface area contributed by atoms with E-state index in [-0.39, 0.29) is 6.09 Å². The Labute approximate surface area is 148 Å². The zero-order chi connectivity index (χ0) is 16.8. The number of ether oxygens (including phenoxy) is 1. The molecule has 0 aromatic heterocycles. The van der Waals surface area contributed by atoms with Crippen molar-refractivity contribution in [2.24, 2.45) is 0 Å². The molecule has 0 bridgehead atoms. The van der Waals surface area contributed by atoms with Gasteiger partial charge in [-0.05, 0) is 48.3 Å². The van der Waals surface area contributed by atoms with Crippen LogP contribution < -0.4 is 0 Å². The summed E-state index contributed by atoms with van der Waals surface area (Å²) in [5.74, 6) is 0.541. The number of hydrogen-bond acceptors (Lipinski definition) is 3. The molecule has 1 amide bonds. The molecule has 1 aliphatic heterocycles. The predicted octanol–water partition coefficient (Wildman–Crippen LogP) is 4.92. The fourth-order valence-electron chi connectivity index (χ4n) is 3.08. The molecular weight excluding hydrogens is 318 g/mol. The highest BCUT2D eigenvalue weighted by Crippen LogP contribution is 2.29. The number of benzene rings is 2. The van der Waals surface area contributed by atoms with E-state index >= 15 is 0 Å². The van der Waals surface area contributed by atoms with Crippen molar-refractivity contribution in [2.75, 3.05) is 19.3 Å². The molecule has 1 saturated heterocycles. The number of amides is 1. The van der Waals surface area contributed by atoms with Gasteiger partial charge in [0.1, 0.15) is 6.61 Å². The van der Waals surface area contributed by atoms with Crippen molar-refractivity contribution in [3.8, 4) is 0 Å². The van der Waals surface area contributed by atoms with E-state index < -0.39 is 0 Å². The Morgan fingerprint density at radius 2 is 1.75 bits per heavy atom. The van der Waals surface area contributed by atoms with Crippen LogP contribution in [0.15, 0.2) is 59.5 Å². The molecule has 0 N–H and O–H groups in total. The minimum Gasteiger partial charge on any atom is -0.445 e. The summed E-state index contributed by atoms with van der Waals surface area (Å²) >= 11 is 1.76. The van der Waals surface area contributed by atoms with Crippen LogP contribution in [0.2, 0.25) is 0 Å². The van der Waals surface area contributed by atoms with Crippen LogP contribution in [0.3, 0.4) is 0 Å². The van der Waals surface area contributed by atoms with Crippen molar-refractivity contribution in [3.63, 3.8) is 0 Å². The second-order valence-corrected chi connectivity index (χ2v) is 6.95. The Morgan fingerprint density at radius 1 is 1.08 bits per heavy atom. The lowest BCUT2D eigenvalue weighted by Gasteiger charge is -2.31. The molecule has 0 unspecified atom stereocenters. The summed E-state index contributed by atoms with van der Waals surface area (Å²) in [6, 6.07) is 18.6. The predicted molar refractivity (Wildman–Crippen MR) is 98.4 cm³/mol. The maximum atomic E-state index is 12.2. The Morgan fingerprint density at radius 3 is 2.38 bits per heavy atom. The van der Waals surface area contributed by atoms with Crippen molar-refractivity contribution in [3.05, 3.63) is 65.7 Å². The van der Waals surface area contributed by atoms with Gasteiger partial charge in [0.25, 0.3) is 0 Å². The molecule has 24 heavy (non-hydrogen) atoms. The van der Waals surface area contributed by atoms with Gasteiger partial charge in [0, 0.05) is 18.0 Å². The van der Waals surface area contributed by atoms with Crippen molar-refractivity contribution < 1.29 is 9.53 Å². The van der Waals surface area contributed by atoms with Crippen LogP contribution in [0.5, 0.6) is 0 Å². The molecule has 2 aromatic rings. The topological polar surface area (TPSA) is 29.5 Å². The molecule has 0 saturated carbocycles. The number of nitrogens with zero attached hydrogens (tertiary/aromatic N) is 1. The van der Waals surface area contributed by atoms with Crippen LogP contribution in [0.25, 0.3) is 0 Å². The molecule has 3 nitrogen and oxygen atoms in total. The lowest BCUT2D eigenvalue weighted by molar-refractivity contribution is 0.0870. The van der Waals surface area contributed by atoms with E-state index in [0.717, 1.165) is 31.5 Å². The largest absolute Gasteiger partial charge is 0.445 e. The van der Waals surface area contributed by atoms with E-state index in [2.05, 4.69) is 30.5 Å². The molecule has 126 valence electrons. The van der Waals surface area contributed by atoms with E-state index in [9.17, 15) is 4.79 Å². The van der Waals surface area contributed by atoms with Gasteiger partial charge in [-0.1, -0.05) is 42.5 Å². The van der Waals surface area contributed by atoms with Gasteiger partial charge in [-0.3, -0.25) is 0 Å². The van der Waals surface area contributed by atoms with Crippen LogP contribution in [-0.2, 0) is 11.3 Å². The number of thioether (sulfide) groups is 1. The van der Waals surface area contributed by atoms with Crippen LogP contribution >= 0.6 is 11.8 Å². The first-order valence-electron chi connectivity index (χ1n) is 8.36. The zero-order valence-electron chi connectivity index (χ0n) is 14.0. The molecule has 2 aromatic carbocycles. The highest BCUT2D eigenvalue weighted by molar-refractivity contribution is 7.98. The molecule has 0 radical (unpaired) electrons. The summed E-state index contributed by atoms with van der Waals surface area (Å²) in [5, 5.41) is 0. The maximum Gasteiger partial charge on any atom is 0.410 e. The summed E-state index contributed by atoms with van der Waals surface area (Å²) in [5.41, 5.74) is 2.40. The third-order valence-corrected chi connectivity index (χ3v) is 5.29. The molecule has 0 atom stereocenters. The second-order valence-electron chi connectivity index (χ2n) is 6.07. The van der Waals surface area contributed by atoms with Crippen LogP contribution in [0.4, 0.5) is 4.79 Å². The summed E-state index contributed by atoms with van der Waals surface area (Å²) in [6.45, 7) is 1.88. The van der Waals surface area contributed by atoms with Crippen LogP contribution in [0, 0.1) is 0 Å². The Bertz CT molecular complexity index is 649. The molecule has 0 aliphatic carbocycles. The zero-order valence-corrected chi connectivity index (χ0v) is 14.8. The number of carbonyl (C=O) groups excluding carboxylic acids is 1. The fourth-order valence-corrected chi connectivity index (χ4v) is 3.49. The van der Waals surface area contributed by atoms with Crippen LogP contribution in [-0.4, -0.2) is 30.3 Å². The van der Waals surface area contributed by atoms with Gasteiger partial charge in [0.15, 0.2) is 0 Å². The monoisotopic (exact) mass is 341 g/mol. The average molecular weight is 341 g/mol. The van der Waals surface area contributed by atoms with Gasteiger partial charge in [-0.2, -0.15) is 0 Å². The van der Waals surface area contributed by atoms with E-state index in [4.69, 9.17) is 4.74 Å². The molecule has 3 rings (SSSR count). The SMILES string of the molecule is CSc1ccc(C2CCN(C(=O)OCc3ccccc3)CC2)cc1. The highest BCUT2D eigenvalue weighted by atomic mass is 32.2. The first-order valence-corrected chi connectivity index (χ1v) is 9.58. The molecule has 0 spiro atoms. The first kappa shape index (κ1) is 16.9. The molecule has 1 heterocycles. The van der Waals surface area contributed by atoms with Gasteiger partial charge in [0.05, 0.1) is 0 Å². The first-order chi connectivity index (χ1) is 11.8. The third-order valence-electron chi connectivity index (χ3n) is 4.55. The Balaban J connectivity index is 1.48. The maximum absolute atomic E-state index is 12.2. The second kappa shape index (κ2) is 8.25. The smallest absolute Gasteiger partial charge is 0.410 e. The summed E-state index contributed by atoms with van der Waals surface area (Å²) in [4.78, 5) is 15.3. The normalized spacial score (nSPS) is 15.3. The number of hydrogen-bond donors (Lipinski definition) is 0. The summed E-state index contributed by atoms with van der Waals surface area (Å²) in [6.07, 6.45) is 3.89. The number of likely N-dealkylation sites (tertiary alicyclic amines) is 1. The van der Waals surface area contributed by atoms with Gasteiger partial charge in [0.2, 0.25) is 0 Å². The van der Waals surface area contributed by atoms with E-state index in [1.54, 1.807) is 11.8 Å². The highest BCUT2D eigenvalue weighted by Gasteiger charge is 2.24. The van der Waals surface area contributed by atoms with Crippen LogP contribution in [0.1, 0.15) is 29.9 Å². The van der Waals surface area contributed by atoms with Gasteiger partial charge in [-0.25, -0.2) is 4.79 Å². The molecule has 4 heteroatoms. The lowest BCUT2D eigenvalue weighted by Crippen LogP contribution is -2.38. The van der Waals surface area contributed by atoms with Crippen molar-refractivity contribution in [1.82, 2.24) is 4.90 Å². The van der Waals surface area contributed by atoms with Crippen molar-refractivity contribution in [2.45, 2.75) is 30.3 Å². The Kier molecular flexibility index (Phi) is 5.81. The number of piperidine rings is 1.